The van der Waals surface area contributed by atoms with Gasteiger partial charge in [0.05, 0.1) is 5.69 Å². The molecule has 0 aliphatic heterocycles. The van der Waals surface area contributed by atoms with Crippen LogP contribution < -0.4 is 11.1 Å². The standard InChI is InChI=1S/C14H20N4/c1-2-14(7-3-4-8-14)10-17-13-6-5-11(16)12(9-15)18-13/h5-6H,2-4,7-8,10,16H2,1H3,(H,17,18). The summed E-state index contributed by atoms with van der Waals surface area (Å²) in [6.45, 7) is 3.19. The highest BCUT2D eigenvalue weighted by molar-refractivity contribution is 5.54. The first-order valence-electron chi connectivity index (χ1n) is 6.60. The van der Waals surface area contributed by atoms with Gasteiger partial charge in [-0.1, -0.05) is 19.8 Å². The molecule has 1 aliphatic carbocycles. The summed E-state index contributed by atoms with van der Waals surface area (Å²) in [4.78, 5) is 4.22. The van der Waals surface area contributed by atoms with Crippen molar-refractivity contribution >= 4 is 11.5 Å². The molecule has 0 saturated heterocycles. The maximum absolute atomic E-state index is 8.90. The third-order valence-corrected chi connectivity index (χ3v) is 4.09. The average Bonchev–Trinajstić information content (AvgIpc) is 2.87. The third-order valence-electron chi connectivity index (χ3n) is 4.09. The number of nitriles is 1. The molecule has 1 aromatic heterocycles. The fraction of sp³-hybridized carbons (Fsp3) is 0.571. The van der Waals surface area contributed by atoms with E-state index >= 15 is 0 Å². The zero-order valence-electron chi connectivity index (χ0n) is 10.9. The highest BCUT2D eigenvalue weighted by Crippen LogP contribution is 2.40. The first kappa shape index (κ1) is 12.7. The van der Waals surface area contributed by atoms with Crippen LogP contribution in [-0.4, -0.2) is 11.5 Å². The topological polar surface area (TPSA) is 74.7 Å². The number of nitrogens with two attached hydrogens (primary N) is 1. The van der Waals surface area contributed by atoms with Crippen molar-refractivity contribution in [2.45, 2.75) is 39.0 Å². The molecule has 0 aromatic carbocycles. The van der Waals surface area contributed by atoms with Gasteiger partial charge in [0.25, 0.3) is 0 Å². The first-order chi connectivity index (χ1) is 8.69. The largest absolute Gasteiger partial charge is 0.396 e. The minimum Gasteiger partial charge on any atom is -0.396 e. The predicted octanol–water partition coefficient (Wildman–Crippen LogP) is 2.92. The SMILES string of the molecule is CCC1(CNc2ccc(N)c(C#N)n2)CCCC1. The predicted molar refractivity (Wildman–Crippen MR) is 73.0 cm³/mol. The Morgan fingerprint density at radius 1 is 1.44 bits per heavy atom. The molecule has 0 spiro atoms. The second-order valence-electron chi connectivity index (χ2n) is 5.16. The summed E-state index contributed by atoms with van der Waals surface area (Å²) in [5.41, 5.74) is 6.81. The van der Waals surface area contributed by atoms with E-state index in [0.717, 1.165) is 12.4 Å². The van der Waals surface area contributed by atoms with Crippen LogP contribution in [0.3, 0.4) is 0 Å². The van der Waals surface area contributed by atoms with Gasteiger partial charge in [0.1, 0.15) is 11.9 Å². The van der Waals surface area contributed by atoms with Crippen molar-refractivity contribution < 1.29 is 0 Å². The zero-order valence-corrected chi connectivity index (χ0v) is 10.9. The normalized spacial score (nSPS) is 17.3. The van der Waals surface area contributed by atoms with Crippen molar-refractivity contribution in [1.82, 2.24) is 4.98 Å². The van der Waals surface area contributed by atoms with E-state index in [9.17, 15) is 0 Å². The summed E-state index contributed by atoms with van der Waals surface area (Å²) in [6.07, 6.45) is 6.43. The molecule has 1 fully saturated rings. The highest BCUT2D eigenvalue weighted by atomic mass is 15.0. The second-order valence-corrected chi connectivity index (χ2v) is 5.16. The van der Waals surface area contributed by atoms with Gasteiger partial charge in [-0.2, -0.15) is 5.26 Å². The molecule has 0 unspecified atom stereocenters. The number of rotatable bonds is 4. The molecule has 96 valence electrons. The Morgan fingerprint density at radius 2 is 2.17 bits per heavy atom. The summed E-state index contributed by atoms with van der Waals surface area (Å²) in [5.74, 6) is 0.750. The molecule has 1 saturated carbocycles. The molecule has 18 heavy (non-hydrogen) atoms. The molecule has 2 rings (SSSR count). The highest BCUT2D eigenvalue weighted by Gasteiger charge is 2.31. The van der Waals surface area contributed by atoms with E-state index in [0.29, 0.717) is 16.8 Å². The Morgan fingerprint density at radius 3 is 2.78 bits per heavy atom. The number of hydrogen-bond donors (Lipinski definition) is 2. The van der Waals surface area contributed by atoms with Crippen LogP contribution in [0.4, 0.5) is 11.5 Å². The van der Waals surface area contributed by atoms with Gasteiger partial charge in [0, 0.05) is 6.54 Å². The number of hydrogen-bond acceptors (Lipinski definition) is 4. The molecule has 0 atom stereocenters. The molecule has 0 amide bonds. The van der Waals surface area contributed by atoms with E-state index in [1.165, 1.54) is 32.1 Å². The van der Waals surface area contributed by atoms with Crippen LogP contribution in [-0.2, 0) is 0 Å². The van der Waals surface area contributed by atoms with Gasteiger partial charge in [-0.3, -0.25) is 0 Å². The number of nitrogens with one attached hydrogen (secondary N) is 1. The zero-order chi connectivity index (χ0) is 13.0. The molecule has 1 aliphatic rings. The van der Waals surface area contributed by atoms with Crippen molar-refractivity contribution in [3.63, 3.8) is 0 Å². The summed E-state index contributed by atoms with van der Waals surface area (Å²) >= 11 is 0. The number of nitrogen functional groups attached to an aromatic ring is 1. The Bertz CT molecular complexity index is 455. The van der Waals surface area contributed by atoms with Crippen molar-refractivity contribution in [2.75, 3.05) is 17.6 Å². The van der Waals surface area contributed by atoms with Gasteiger partial charge >= 0.3 is 0 Å². The lowest BCUT2D eigenvalue weighted by Gasteiger charge is -2.27. The molecule has 0 radical (unpaired) electrons. The van der Waals surface area contributed by atoms with Crippen molar-refractivity contribution in [1.29, 1.82) is 5.26 Å². The number of aromatic nitrogens is 1. The number of pyridine rings is 1. The average molecular weight is 244 g/mol. The lowest BCUT2D eigenvalue weighted by atomic mass is 9.83. The van der Waals surface area contributed by atoms with Gasteiger partial charge in [0.15, 0.2) is 5.69 Å². The quantitative estimate of drug-likeness (QED) is 0.854. The van der Waals surface area contributed by atoms with E-state index in [-0.39, 0.29) is 0 Å². The van der Waals surface area contributed by atoms with E-state index < -0.39 is 0 Å². The Labute approximate surface area is 108 Å². The van der Waals surface area contributed by atoms with Crippen molar-refractivity contribution in [3.8, 4) is 6.07 Å². The summed E-state index contributed by atoms with van der Waals surface area (Å²) in [5, 5.41) is 12.3. The fourth-order valence-corrected chi connectivity index (χ4v) is 2.72. The first-order valence-corrected chi connectivity index (χ1v) is 6.60. The molecular formula is C14H20N4. The van der Waals surface area contributed by atoms with E-state index in [1.54, 1.807) is 6.07 Å². The molecule has 4 heteroatoms. The number of anilines is 2. The van der Waals surface area contributed by atoms with E-state index in [2.05, 4.69) is 17.2 Å². The van der Waals surface area contributed by atoms with Crippen LogP contribution in [0.5, 0.6) is 0 Å². The van der Waals surface area contributed by atoms with Gasteiger partial charge < -0.3 is 11.1 Å². The van der Waals surface area contributed by atoms with Crippen LogP contribution in [0.1, 0.15) is 44.7 Å². The molecule has 4 nitrogen and oxygen atoms in total. The number of nitrogens with zero attached hydrogens (tertiary/aromatic N) is 2. The van der Waals surface area contributed by atoms with Gasteiger partial charge in [-0.05, 0) is 36.8 Å². The molecular weight excluding hydrogens is 224 g/mol. The van der Waals surface area contributed by atoms with E-state index in [1.807, 2.05) is 12.1 Å². The summed E-state index contributed by atoms with van der Waals surface area (Å²) in [7, 11) is 0. The van der Waals surface area contributed by atoms with Crippen LogP contribution in [0.15, 0.2) is 12.1 Å². The maximum atomic E-state index is 8.90. The minimum atomic E-state index is 0.303. The Balaban J connectivity index is 2.04. The van der Waals surface area contributed by atoms with Crippen molar-refractivity contribution in [2.24, 2.45) is 5.41 Å². The van der Waals surface area contributed by atoms with Crippen LogP contribution >= 0.6 is 0 Å². The van der Waals surface area contributed by atoms with Crippen LogP contribution in [0.2, 0.25) is 0 Å². The Hall–Kier alpha value is -1.76. The lowest BCUT2D eigenvalue weighted by Crippen LogP contribution is -2.26. The summed E-state index contributed by atoms with van der Waals surface area (Å²) < 4.78 is 0. The second kappa shape index (κ2) is 5.26. The monoisotopic (exact) mass is 244 g/mol. The molecule has 0 bridgehead atoms. The van der Waals surface area contributed by atoms with E-state index in [4.69, 9.17) is 11.0 Å². The third kappa shape index (κ3) is 2.56. The van der Waals surface area contributed by atoms with Gasteiger partial charge in [-0.15, -0.1) is 0 Å². The molecule has 1 aromatic rings. The van der Waals surface area contributed by atoms with Crippen molar-refractivity contribution in [3.05, 3.63) is 17.8 Å². The Kier molecular flexibility index (Phi) is 3.71. The van der Waals surface area contributed by atoms with Crippen LogP contribution in [0, 0.1) is 16.7 Å². The molecule has 3 N–H and O–H groups in total. The van der Waals surface area contributed by atoms with Gasteiger partial charge in [0.2, 0.25) is 0 Å². The summed E-state index contributed by atoms with van der Waals surface area (Å²) in [6, 6.07) is 5.59. The maximum Gasteiger partial charge on any atom is 0.165 e. The van der Waals surface area contributed by atoms with Crippen LogP contribution in [0.25, 0.3) is 0 Å². The smallest absolute Gasteiger partial charge is 0.165 e. The lowest BCUT2D eigenvalue weighted by molar-refractivity contribution is 0.306. The molecule has 1 heterocycles. The minimum absolute atomic E-state index is 0.303. The van der Waals surface area contributed by atoms with Gasteiger partial charge in [-0.25, -0.2) is 4.98 Å². The fourth-order valence-electron chi connectivity index (χ4n) is 2.72.